The minimum atomic E-state index is -3.78. The van der Waals surface area contributed by atoms with Crippen LogP contribution in [0.25, 0.3) is 0 Å². The summed E-state index contributed by atoms with van der Waals surface area (Å²) in [6.45, 7) is 0. The molecule has 3 rings (SSSR count). The van der Waals surface area contributed by atoms with Crippen molar-refractivity contribution in [3.05, 3.63) is 54.1 Å². The molecule has 0 spiro atoms. The lowest BCUT2D eigenvalue weighted by Gasteiger charge is -2.07. The highest BCUT2D eigenvalue weighted by Crippen LogP contribution is 2.21. The van der Waals surface area contributed by atoms with Crippen LogP contribution in [-0.2, 0) is 10.0 Å². The Morgan fingerprint density at radius 2 is 1.81 bits per heavy atom. The fourth-order valence-corrected chi connectivity index (χ4v) is 2.83. The molecule has 11 heteroatoms. The molecular formula is C16H16N6O4S. The number of benzene rings is 2. The molecule has 2 aromatic carbocycles. The fraction of sp³-hybridized carbons (Fsp3) is 0.0625. The number of hydrogen-bond donors (Lipinski definition) is 3. The lowest BCUT2D eigenvalue weighted by Crippen LogP contribution is -2.17. The predicted octanol–water partition coefficient (Wildman–Crippen LogP) is 0.948. The van der Waals surface area contributed by atoms with Crippen LogP contribution in [0.5, 0.6) is 5.75 Å². The van der Waals surface area contributed by atoms with Gasteiger partial charge in [-0.15, -0.1) is 5.10 Å². The molecule has 140 valence electrons. The number of nitrogens with zero attached hydrogens (tertiary/aromatic N) is 3. The number of rotatable bonds is 5. The maximum absolute atomic E-state index is 12.7. The van der Waals surface area contributed by atoms with E-state index in [9.17, 15) is 13.2 Å². The van der Waals surface area contributed by atoms with E-state index in [0.29, 0.717) is 11.4 Å². The highest BCUT2D eigenvalue weighted by atomic mass is 32.2. The van der Waals surface area contributed by atoms with Crippen molar-refractivity contribution in [3.8, 4) is 5.75 Å². The quantitative estimate of drug-likeness (QED) is 0.583. The van der Waals surface area contributed by atoms with Crippen molar-refractivity contribution in [1.29, 1.82) is 0 Å². The molecule has 0 atom stereocenters. The number of nitrogens with one attached hydrogen (secondary N) is 1. The maximum atomic E-state index is 12.7. The smallest absolute Gasteiger partial charge is 0.285 e. The van der Waals surface area contributed by atoms with E-state index in [0.717, 1.165) is 4.68 Å². The number of anilines is 3. The Morgan fingerprint density at radius 3 is 2.44 bits per heavy atom. The van der Waals surface area contributed by atoms with Gasteiger partial charge in [0.25, 0.3) is 5.91 Å². The minimum absolute atomic E-state index is 0.0302. The van der Waals surface area contributed by atoms with Crippen molar-refractivity contribution < 1.29 is 17.9 Å². The van der Waals surface area contributed by atoms with Crippen LogP contribution in [0.3, 0.4) is 0 Å². The van der Waals surface area contributed by atoms with E-state index < -0.39 is 15.9 Å². The Bertz CT molecular complexity index is 1090. The number of nitrogens with two attached hydrogens (primary N) is 2. The number of carbonyl (C=O) groups excluding carboxylic acids is 1. The summed E-state index contributed by atoms with van der Waals surface area (Å²) < 4.78 is 28.7. The molecule has 0 radical (unpaired) electrons. The molecule has 27 heavy (non-hydrogen) atoms. The molecular weight excluding hydrogens is 372 g/mol. The number of sulfonamides is 1. The van der Waals surface area contributed by atoms with Crippen molar-refractivity contribution >= 4 is 33.5 Å². The third kappa shape index (κ3) is 3.88. The van der Waals surface area contributed by atoms with Crippen molar-refractivity contribution in [3.63, 3.8) is 0 Å². The van der Waals surface area contributed by atoms with E-state index in [1.165, 1.54) is 31.4 Å². The zero-order valence-electron chi connectivity index (χ0n) is 14.2. The standard InChI is InChI=1S/C16H16N6O4S/c1-26-13-5-3-2-4-12(13)14(23)22-15(17)20-16(21-22)19-10-6-8-11(9-7-10)27(18,24)25/h2-9H,1H3,(H2,18,24,25)(H3,17,19,20,21). The Hall–Kier alpha value is -3.44. The van der Waals surface area contributed by atoms with Gasteiger partial charge in [0.15, 0.2) is 0 Å². The second-order valence-corrected chi connectivity index (χ2v) is 6.97. The molecule has 3 aromatic rings. The van der Waals surface area contributed by atoms with Crippen LogP contribution in [0.15, 0.2) is 53.4 Å². The number of hydrogen-bond acceptors (Lipinski definition) is 8. The van der Waals surface area contributed by atoms with Crippen molar-refractivity contribution in [2.24, 2.45) is 5.14 Å². The first-order valence-electron chi connectivity index (χ1n) is 7.60. The van der Waals surface area contributed by atoms with Crippen LogP contribution in [-0.4, -0.2) is 36.2 Å². The van der Waals surface area contributed by atoms with Gasteiger partial charge in [-0.25, -0.2) is 13.6 Å². The van der Waals surface area contributed by atoms with Crippen LogP contribution in [0, 0.1) is 0 Å². The van der Waals surface area contributed by atoms with Crippen LogP contribution >= 0.6 is 0 Å². The lowest BCUT2D eigenvalue weighted by atomic mass is 10.2. The number of methoxy groups -OCH3 is 1. The molecule has 0 aliphatic heterocycles. The first kappa shape index (κ1) is 18.4. The maximum Gasteiger partial charge on any atom is 0.285 e. The van der Waals surface area contributed by atoms with E-state index in [-0.39, 0.29) is 22.4 Å². The van der Waals surface area contributed by atoms with Gasteiger partial charge >= 0.3 is 0 Å². The van der Waals surface area contributed by atoms with Gasteiger partial charge in [0, 0.05) is 5.69 Å². The molecule has 0 aliphatic rings. The molecule has 0 bridgehead atoms. The third-order valence-corrected chi connectivity index (χ3v) is 4.53. The topological polar surface area (TPSA) is 155 Å². The van der Waals surface area contributed by atoms with Gasteiger partial charge in [0.05, 0.1) is 17.6 Å². The van der Waals surface area contributed by atoms with Gasteiger partial charge in [0.2, 0.25) is 21.9 Å². The number of ether oxygens (including phenoxy) is 1. The average Bonchev–Trinajstić information content (AvgIpc) is 3.01. The summed E-state index contributed by atoms with van der Waals surface area (Å²) >= 11 is 0. The molecule has 5 N–H and O–H groups in total. The van der Waals surface area contributed by atoms with Gasteiger partial charge in [-0.1, -0.05) is 12.1 Å². The highest BCUT2D eigenvalue weighted by Gasteiger charge is 2.19. The molecule has 0 saturated heterocycles. The van der Waals surface area contributed by atoms with Crippen LogP contribution in [0.4, 0.5) is 17.6 Å². The third-order valence-electron chi connectivity index (χ3n) is 3.60. The molecule has 10 nitrogen and oxygen atoms in total. The van der Waals surface area contributed by atoms with Gasteiger partial charge in [-0.05, 0) is 36.4 Å². The van der Waals surface area contributed by atoms with Gasteiger partial charge in [-0.2, -0.15) is 9.67 Å². The monoisotopic (exact) mass is 388 g/mol. The van der Waals surface area contributed by atoms with Crippen LogP contribution in [0.1, 0.15) is 10.4 Å². The van der Waals surface area contributed by atoms with Crippen LogP contribution < -0.4 is 20.9 Å². The lowest BCUT2D eigenvalue weighted by molar-refractivity contribution is 0.0945. The van der Waals surface area contributed by atoms with Gasteiger partial charge < -0.3 is 15.8 Å². The summed E-state index contributed by atoms with van der Waals surface area (Å²) in [5, 5.41) is 11.9. The fourth-order valence-electron chi connectivity index (χ4n) is 2.32. The zero-order valence-corrected chi connectivity index (χ0v) is 15.0. The summed E-state index contributed by atoms with van der Waals surface area (Å²) in [6, 6.07) is 12.3. The van der Waals surface area contributed by atoms with Gasteiger partial charge in [0.1, 0.15) is 5.75 Å². The van der Waals surface area contributed by atoms with Crippen molar-refractivity contribution in [2.75, 3.05) is 18.2 Å². The Morgan fingerprint density at radius 1 is 1.15 bits per heavy atom. The van der Waals surface area contributed by atoms with Crippen LogP contribution in [0.2, 0.25) is 0 Å². The largest absolute Gasteiger partial charge is 0.496 e. The number of primary sulfonamides is 1. The zero-order chi connectivity index (χ0) is 19.6. The normalized spacial score (nSPS) is 11.2. The second kappa shape index (κ2) is 7.05. The molecule has 0 fully saturated rings. The molecule has 1 heterocycles. The van der Waals surface area contributed by atoms with Crippen molar-refractivity contribution in [1.82, 2.24) is 14.8 Å². The Labute approximate surface area is 154 Å². The first-order valence-corrected chi connectivity index (χ1v) is 9.14. The average molecular weight is 388 g/mol. The Balaban J connectivity index is 1.85. The number of para-hydroxylation sites is 1. The van der Waals surface area contributed by atoms with E-state index in [4.69, 9.17) is 15.6 Å². The van der Waals surface area contributed by atoms with Gasteiger partial charge in [-0.3, -0.25) is 4.79 Å². The number of nitrogen functional groups attached to an aromatic ring is 1. The molecule has 0 aliphatic carbocycles. The molecule has 0 unspecified atom stereocenters. The van der Waals surface area contributed by atoms with E-state index in [1.807, 2.05) is 0 Å². The number of carbonyl (C=O) groups is 1. The SMILES string of the molecule is COc1ccccc1C(=O)n1nc(Nc2ccc(S(N)(=O)=O)cc2)nc1N. The summed E-state index contributed by atoms with van der Waals surface area (Å²) in [5.41, 5.74) is 6.57. The molecule has 0 amide bonds. The summed E-state index contributed by atoms with van der Waals surface area (Å²) in [5.74, 6) is -0.172. The highest BCUT2D eigenvalue weighted by molar-refractivity contribution is 7.89. The van der Waals surface area contributed by atoms with Crippen molar-refractivity contribution in [2.45, 2.75) is 4.90 Å². The minimum Gasteiger partial charge on any atom is -0.496 e. The predicted molar refractivity (Wildman–Crippen MR) is 98.3 cm³/mol. The second-order valence-electron chi connectivity index (χ2n) is 5.41. The Kier molecular flexibility index (Phi) is 4.79. The summed E-state index contributed by atoms with van der Waals surface area (Å²) in [6.07, 6.45) is 0. The summed E-state index contributed by atoms with van der Waals surface area (Å²) in [4.78, 5) is 16.6. The molecule has 0 saturated carbocycles. The van der Waals surface area contributed by atoms with E-state index in [1.54, 1.807) is 24.3 Å². The summed E-state index contributed by atoms with van der Waals surface area (Å²) in [7, 11) is -2.33. The molecule has 1 aromatic heterocycles. The number of aromatic nitrogens is 3. The first-order chi connectivity index (χ1) is 12.8. The van der Waals surface area contributed by atoms with E-state index >= 15 is 0 Å². The van der Waals surface area contributed by atoms with E-state index in [2.05, 4.69) is 15.4 Å².